The van der Waals surface area contributed by atoms with Gasteiger partial charge in [-0.15, -0.1) is 0 Å². The zero-order chi connectivity index (χ0) is 14.4. The fraction of sp³-hybridized carbons (Fsp3) is 0.800. The van der Waals surface area contributed by atoms with Crippen molar-refractivity contribution in [2.75, 3.05) is 18.4 Å². The van der Waals surface area contributed by atoms with Gasteiger partial charge in [-0.3, -0.25) is 4.79 Å². The second-order valence-electron chi connectivity index (χ2n) is 5.77. The molecule has 1 fully saturated rings. The van der Waals surface area contributed by atoms with Gasteiger partial charge in [-0.1, -0.05) is 35.9 Å². The number of amides is 1. The SMILES string of the molecule is CC(N)C(=CC(C)C(C)CCN1CCCC1=O)CBr. The summed E-state index contributed by atoms with van der Waals surface area (Å²) >= 11 is 3.49. The van der Waals surface area contributed by atoms with Crippen molar-refractivity contribution >= 4 is 21.8 Å². The Hall–Kier alpha value is -0.350. The zero-order valence-corrected chi connectivity index (χ0v) is 13.9. The molecular weight excluding hydrogens is 304 g/mol. The highest BCUT2D eigenvalue weighted by Crippen LogP contribution is 2.21. The summed E-state index contributed by atoms with van der Waals surface area (Å²) in [5, 5.41) is 0.840. The molecule has 4 heteroatoms. The third kappa shape index (κ3) is 5.27. The molecule has 1 amide bonds. The van der Waals surface area contributed by atoms with Crippen LogP contribution in [0.3, 0.4) is 0 Å². The molecule has 0 aliphatic carbocycles. The van der Waals surface area contributed by atoms with Gasteiger partial charge in [-0.25, -0.2) is 0 Å². The van der Waals surface area contributed by atoms with Gasteiger partial charge < -0.3 is 10.6 Å². The fourth-order valence-corrected chi connectivity index (χ4v) is 3.08. The van der Waals surface area contributed by atoms with E-state index in [2.05, 4.69) is 35.9 Å². The lowest BCUT2D eigenvalue weighted by atomic mass is 9.90. The maximum absolute atomic E-state index is 11.6. The van der Waals surface area contributed by atoms with E-state index in [0.717, 1.165) is 37.7 Å². The Kier molecular flexibility index (Phi) is 7.08. The van der Waals surface area contributed by atoms with Gasteiger partial charge in [0.25, 0.3) is 0 Å². The molecule has 1 aliphatic rings. The number of hydrogen-bond acceptors (Lipinski definition) is 2. The molecule has 2 N–H and O–H groups in total. The van der Waals surface area contributed by atoms with Crippen LogP contribution in [-0.4, -0.2) is 35.3 Å². The Morgan fingerprint density at radius 3 is 2.63 bits per heavy atom. The maximum atomic E-state index is 11.6. The van der Waals surface area contributed by atoms with Gasteiger partial charge in [0.15, 0.2) is 0 Å². The Morgan fingerprint density at radius 1 is 1.47 bits per heavy atom. The van der Waals surface area contributed by atoms with E-state index in [0.29, 0.717) is 17.7 Å². The Balaban J connectivity index is 2.43. The number of hydrogen-bond donors (Lipinski definition) is 1. The van der Waals surface area contributed by atoms with Crippen molar-refractivity contribution < 1.29 is 4.79 Å². The van der Waals surface area contributed by atoms with Crippen molar-refractivity contribution in [3.63, 3.8) is 0 Å². The fourth-order valence-electron chi connectivity index (χ4n) is 2.38. The number of likely N-dealkylation sites (tertiary alicyclic amines) is 1. The first kappa shape index (κ1) is 16.7. The van der Waals surface area contributed by atoms with E-state index >= 15 is 0 Å². The number of halogens is 1. The average Bonchev–Trinajstić information content (AvgIpc) is 2.77. The normalized spacial score (nSPS) is 21.6. The third-order valence-electron chi connectivity index (χ3n) is 4.14. The molecule has 110 valence electrons. The van der Waals surface area contributed by atoms with Crippen molar-refractivity contribution in [1.29, 1.82) is 0 Å². The largest absolute Gasteiger partial charge is 0.343 e. The van der Waals surface area contributed by atoms with E-state index in [1.807, 2.05) is 11.8 Å². The standard InChI is InChI=1S/C15H27BrN2O/c1-11(6-8-18-7-4-5-15(18)19)12(2)9-14(10-16)13(3)17/h9,11-13H,4-8,10,17H2,1-3H3. The van der Waals surface area contributed by atoms with Crippen molar-refractivity contribution in [2.45, 2.75) is 46.1 Å². The molecule has 0 aromatic rings. The van der Waals surface area contributed by atoms with Crippen LogP contribution in [0.5, 0.6) is 0 Å². The molecule has 19 heavy (non-hydrogen) atoms. The first-order valence-electron chi connectivity index (χ1n) is 7.25. The van der Waals surface area contributed by atoms with Crippen LogP contribution in [0.2, 0.25) is 0 Å². The number of carbonyl (C=O) groups is 1. The summed E-state index contributed by atoms with van der Waals surface area (Å²) in [5.41, 5.74) is 7.20. The molecule has 0 bridgehead atoms. The minimum Gasteiger partial charge on any atom is -0.343 e. The molecule has 3 nitrogen and oxygen atoms in total. The van der Waals surface area contributed by atoms with Gasteiger partial charge in [0.1, 0.15) is 0 Å². The average molecular weight is 331 g/mol. The first-order chi connectivity index (χ1) is 8.95. The lowest BCUT2D eigenvalue weighted by Gasteiger charge is -2.22. The molecule has 0 saturated carbocycles. The van der Waals surface area contributed by atoms with Crippen molar-refractivity contribution in [3.8, 4) is 0 Å². The highest BCUT2D eigenvalue weighted by atomic mass is 79.9. The van der Waals surface area contributed by atoms with Crippen LogP contribution < -0.4 is 5.73 Å². The van der Waals surface area contributed by atoms with E-state index < -0.39 is 0 Å². The number of nitrogens with zero attached hydrogens (tertiary/aromatic N) is 1. The first-order valence-corrected chi connectivity index (χ1v) is 8.37. The summed E-state index contributed by atoms with van der Waals surface area (Å²) < 4.78 is 0. The third-order valence-corrected chi connectivity index (χ3v) is 4.79. The Morgan fingerprint density at radius 2 is 2.16 bits per heavy atom. The topological polar surface area (TPSA) is 46.3 Å². The summed E-state index contributed by atoms with van der Waals surface area (Å²) in [6, 6.07) is 0.106. The van der Waals surface area contributed by atoms with Gasteiger partial charge in [-0.05, 0) is 37.2 Å². The number of allylic oxidation sites excluding steroid dienone is 1. The van der Waals surface area contributed by atoms with Crippen LogP contribution in [0.15, 0.2) is 11.6 Å². The summed E-state index contributed by atoms with van der Waals surface area (Å²) in [5.74, 6) is 1.39. The van der Waals surface area contributed by atoms with E-state index in [4.69, 9.17) is 5.73 Å². The minimum absolute atomic E-state index is 0.106. The summed E-state index contributed by atoms with van der Waals surface area (Å²) in [4.78, 5) is 13.6. The smallest absolute Gasteiger partial charge is 0.222 e. The zero-order valence-electron chi connectivity index (χ0n) is 12.4. The monoisotopic (exact) mass is 330 g/mol. The lowest BCUT2D eigenvalue weighted by Crippen LogP contribution is -2.28. The number of rotatable bonds is 7. The maximum Gasteiger partial charge on any atom is 0.222 e. The lowest BCUT2D eigenvalue weighted by molar-refractivity contribution is -0.127. The van der Waals surface area contributed by atoms with Gasteiger partial charge in [0.2, 0.25) is 5.91 Å². The molecule has 0 aromatic heterocycles. The van der Waals surface area contributed by atoms with Gasteiger partial charge in [0, 0.05) is 30.9 Å². The van der Waals surface area contributed by atoms with Crippen molar-refractivity contribution in [3.05, 3.63) is 11.6 Å². The van der Waals surface area contributed by atoms with E-state index in [9.17, 15) is 4.79 Å². The summed E-state index contributed by atoms with van der Waals surface area (Å²) in [6.07, 6.45) is 5.12. The number of carbonyl (C=O) groups excluding carboxylic acids is 1. The second kappa shape index (κ2) is 8.05. The molecule has 1 rings (SSSR count). The van der Waals surface area contributed by atoms with Crippen LogP contribution in [-0.2, 0) is 4.79 Å². The second-order valence-corrected chi connectivity index (χ2v) is 6.33. The number of nitrogens with two attached hydrogens (primary N) is 1. The highest BCUT2D eigenvalue weighted by Gasteiger charge is 2.21. The molecule has 1 saturated heterocycles. The highest BCUT2D eigenvalue weighted by molar-refractivity contribution is 9.09. The molecule has 3 atom stereocenters. The summed E-state index contributed by atoms with van der Waals surface area (Å²) in [7, 11) is 0. The summed E-state index contributed by atoms with van der Waals surface area (Å²) in [6.45, 7) is 8.37. The van der Waals surface area contributed by atoms with Gasteiger partial charge >= 0.3 is 0 Å². The predicted molar refractivity (Wildman–Crippen MR) is 84.3 cm³/mol. The van der Waals surface area contributed by atoms with Crippen molar-refractivity contribution in [2.24, 2.45) is 17.6 Å². The molecule has 0 aromatic carbocycles. The van der Waals surface area contributed by atoms with Gasteiger partial charge in [0.05, 0.1) is 0 Å². The van der Waals surface area contributed by atoms with Crippen LogP contribution in [0.4, 0.5) is 0 Å². The molecule has 0 spiro atoms. The van der Waals surface area contributed by atoms with E-state index in [1.165, 1.54) is 5.57 Å². The predicted octanol–water partition coefficient (Wildman–Crippen LogP) is 2.94. The Labute approximate surface area is 125 Å². The number of alkyl halides is 1. The van der Waals surface area contributed by atoms with Crippen molar-refractivity contribution in [1.82, 2.24) is 4.90 Å². The molecular formula is C15H27BrN2O. The van der Waals surface area contributed by atoms with E-state index in [-0.39, 0.29) is 6.04 Å². The minimum atomic E-state index is 0.106. The van der Waals surface area contributed by atoms with Gasteiger partial charge in [-0.2, -0.15) is 0 Å². The molecule has 1 heterocycles. The van der Waals surface area contributed by atoms with Crippen LogP contribution in [0, 0.1) is 11.8 Å². The molecule has 1 aliphatic heterocycles. The van der Waals surface area contributed by atoms with E-state index in [1.54, 1.807) is 0 Å². The van der Waals surface area contributed by atoms with Crippen LogP contribution >= 0.6 is 15.9 Å². The Bertz CT molecular complexity index is 328. The van der Waals surface area contributed by atoms with Crippen LogP contribution in [0.1, 0.15) is 40.0 Å². The van der Waals surface area contributed by atoms with Crippen LogP contribution in [0.25, 0.3) is 0 Å². The molecule has 0 radical (unpaired) electrons. The quantitative estimate of drug-likeness (QED) is 0.576. The molecule has 3 unspecified atom stereocenters.